The first-order valence-corrected chi connectivity index (χ1v) is 12.2. The van der Waals surface area contributed by atoms with Gasteiger partial charge in [-0.1, -0.05) is 20.8 Å². The number of aliphatic hydroxyl groups is 2. The van der Waals surface area contributed by atoms with Crippen molar-refractivity contribution >= 4 is 5.97 Å². The Morgan fingerprint density at radius 2 is 1.69 bits per heavy atom. The number of aliphatic carboxylic acids is 1. The van der Waals surface area contributed by atoms with E-state index < -0.39 is 5.97 Å². The molecule has 4 aliphatic carbocycles. The molecule has 166 valence electrons. The first kappa shape index (κ1) is 21.6. The fourth-order valence-electron chi connectivity index (χ4n) is 8.95. The molecule has 4 fully saturated rings. The van der Waals surface area contributed by atoms with Crippen molar-refractivity contribution in [3.63, 3.8) is 0 Å². The fourth-order valence-corrected chi connectivity index (χ4v) is 8.95. The Bertz CT molecular complexity index is 620. The molecule has 0 aromatic rings. The van der Waals surface area contributed by atoms with Crippen molar-refractivity contribution < 1.29 is 20.1 Å². The first-order chi connectivity index (χ1) is 13.7. The predicted octanol–water partition coefficient (Wildman–Crippen LogP) is 4.87. The number of rotatable bonds is 5. The number of aliphatic hydroxyl groups excluding tert-OH is 2. The molecule has 29 heavy (non-hydrogen) atoms. The molecule has 0 aromatic carbocycles. The summed E-state index contributed by atoms with van der Waals surface area (Å²) in [6.07, 6.45) is 10.4. The van der Waals surface area contributed by atoms with Crippen LogP contribution >= 0.6 is 0 Å². The lowest BCUT2D eigenvalue weighted by Crippen LogP contribution is -2.58. The van der Waals surface area contributed by atoms with Crippen LogP contribution < -0.4 is 0 Å². The third-order valence-electron chi connectivity index (χ3n) is 10.5. The van der Waals surface area contributed by atoms with Gasteiger partial charge in [0, 0.05) is 6.42 Å². The molecular weight excluding hydrogens is 364 g/mol. The van der Waals surface area contributed by atoms with E-state index in [0.717, 1.165) is 38.5 Å². The van der Waals surface area contributed by atoms with Gasteiger partial charge in [-0.25, -0.2) is 0 Å². The lowest BCUT2D eigenvalue weighted by atomic mass is 9.43. The number of carbonyl (C=O) groups is 1. The van der Waals surface area contributed by atoms with Gasteiger partial charge in [0.05, 0.1) is 12.2 Å². The van der Waals surface area contributed by atoms with E-state index in [2.05, 4.69) is 20.8 Å². The van der Waals surface area contributed by atoms with Crippen molar-refractivity contribution in [3.8, 4) is 0 Å². The average molecular weight is 407 g/mol. The molecule has 0 spiro atoms. The van der Waals surface area contributed by atoms with E-state index in [1.807, 2.05) is 0 Å². The molecule has 4 heteroatoms. The minimum Gasteiger partial charge on any atom is -0.481 e. The van der Waals surface area contributed by atoms with Crippen molar-refractivity contribution in [1.29, 1.82) is 0 Å². The number of hydrogen-bond donors (Lipinski definition) is 3. The highest BCUT2D eigenvalue weighted by Crippen LogP contribution is 2.68. The zero-order valence-corrected chi connectivity index (χ0v) is 18.6. The maximum atomic E-state index is 11.3. The molecule has 10 unspecified atom stereocenters. The molecule has 4 rings (SSSR count). The van der Waals surface area contributed by atoms with Gasteiger partial charge in [0.15, 0.2) is 0 Å². The Balaban J connectivity index is 1.51. The van der Waals surface area contributed by atoms with Crippen molar-refractivity contribution in [2.24, 2.45) is 46.3 Å². The van der Waals surface area contributed by atoms with Crippen molar-refractivity contribution in [3.05, 3.63) is 0 Å². The summed E-state index contributed by atoms with van der Waals surface area (Å²) >= 11 is 0. The first-order valence-electron chi connectivity index (χ1n) is 12.2. The standard InChI is InChI=1S/C25H42O4/c1-15(5-4-6-22(28)29)18-7-8-19-23-20(10-12-25(18,19)3)24(2)11-9-17(26)13-16(24)14-21(23)27/h15-21,23,26-27H,4-14H2,1-3H3,(H,28,29). The highest BCUT2D eigenvalue weighted by atomic mass is 16.4. The number of hydrogen-bond acceptors (Lipinski definition) is 3. The lowest BCUT2D eigenvalue weighted by Gasteiger charge is -2.62. The molecule has 0 aliphatic heterocycles. The number of fused-ring (bicyclic) bond motifs is 5. The van der Waals surface area contributed by atoms with Crippen LogP contribution in [0.15, 0.2) is 0 Å². The molecule has 0 bridgehead atoms. The van der Waals surface area contributed by atoms with E-state index in [-0.39, 0.29) is 24.0 Å². The van der Waals surface area contributed by atoms with Crippen LogP contribution in [-0.2, 0) is 4.79 Å². The van der Waals surface area contributed by atoms with E-state index >= 15 is 0 Å². The Hall–Kier alpha value is -0.610. The van der Waals surface area contributed by atoms with E-state index in [9.17, 15) is 15.0 Å². The molecule has 10 atom stereocenters. The van der Waals surface area contributed by atoms with Gasteiger partial charge in [0.1, 0.15) is 0 Å². The molecule has 4 aliphatic rings. The summed E-state index contributed by atoms with van der Waals surface area (Å²) in [4.78, 5) is 10.9. The minimum absolute atomic E-state index is 0.173. The van der Waals surface area contributed by atoms with Gasteiger partial charge in [-0.05, 0) is 111 Å². The maximum Gasteiger partial charge on any atom is 0.303 e. The van der Waals surface area contributed by atoms with Gasteiger partial charge >= 0.3 is 5.97 Å². The molecule has 0 heterocycles. The summed E-state index contributed by atoms with van der Waals surface area (Å²) in [6.45, 7) is 7.30. The largest absolute Gasteiger partial charge is 0.481 e. The summed E-state index contributed by atoms with van der Waals surface area (Å²) in [5, 5.41) is 30.5. The van der Waals surface area contributed by atoms with Crippen LogP contribution in [0.2, 0.25) is 0 Å². The average Bonchev–Trinajstić information content (AvgIpc) is 3.00. The van der Waals surface area contributed by atoms with Crippen LogP contribution in [0, 0.1) is 46.3 Å². The quantitative estimate of drug-likeness (QED) is 0.609. The third kappa shape index (κ3) is 3.56. The van der Waals surface area contributed by atoms with Gasteiger partial charge in [-0.3, -0.25) is 4.79 Å². The maximum absolute atomic E-state index is 11.3. The SMILES string of the molecule is CC(CCCC(=O)O)C1CCC2C3C(O)CC4CC(O)CCC4(C)C3CCC12C. The van der Waals surface area contributed by atoms with Gasteiger partial charge in [0.2, 0.25) is 0 Å². The molecule has 4 saturated carbocycles. The highest BCUT2D eigenvalue weighted by Gasteiger charge is 2.62. The molecular formula is C25H42O4. The Morgan fingerprint density at radius 1 is 1.00 bits per heavy atom. The summed E-state index contributed by atoms with van der Waals surface area (Å²) in [5.74, 6) is 2.64. The Morgan fingerprint density at radius 3 is 2.41 bits per heavy atom. The second-order valence-electron chi connectivity index (χ2n) is 11.7. The number of carboxylic acid groups (broad SMARTS) is 1. The molecule has 0 amide bonds. The summed E-state index contributed by atoms with van der Waals surface area (Å²) in [6, 6.07) is 0. The molecule has 3 N–H and O–H groups in total. The van der Waals surface area contributed by atoms with Crippen LogP contribution in [0.4, 0.5) is 0 Å². The zero-order chi connectivity index (χ0) is 21.0. The predicted molar refractivity (Wildman–Crippen MR) is 113 cm³/mol. The second kappa shape index (κ2) is 7.82. The van der Waals surface area contributed by atoms with E-state index in [4.69, 9.17) is 5.11 Å². The molecule has 0 radical (unpaired) electrons. The van der Waals surface area contributed by atoms with E-state index in [1.165, 1.54) is 25.7 Å². The molecule has 0 saturated heterocycles. The van der Waals surface area contributed by atoms with E-state index in [1.54, 1.807) is 0 Å². The molecule has 4 nitrogen and oxygen atoms in total. The fraction of sp³-hybridized carbons (Fsp3) is 0.960. The van der Waals surface area contributed by atoms with Gasteiger partial charge in [-0.15, -0.1) is 0 Å². The number of carboxylic acids is 1. The van der Waals surface area contributed by atoms with Crippen LogP contribution in [-0.4, -0.2) is 33.5 Å². The highest BCUT2D eigenvalue weighted by molar-refractivity contribution is 5.66. The smallest absolute Gasteiger partial charge is 0.303 e. The Kier molecular flexibility index (Phi) is 5.83. The van der Waals surface area contributed by atoms with E-state index in [0.29, 0.717) is 40.9 Å². The second-order valence-corrected chi connectivity index (χ2v) is 11.7. The third-order valence-corrected chi connectivity index (χ3v) is 10.5. The van der Waals surface area contributed by atoms with Gasteiger partial charge in [0.25, 0.3) is 0 Å². The summed E-state index contributed by atoms with van der Waals surface area (Å²) < 4.78 is 0. The zero-order valence-electron chi connectivity index (χ0n) is 18.6. The van der Waals surface area contributed by atoms with Crippen LogP contribution in [0.1, 0.15) is 91.4 Å². The van der Waals surface area contributed by atoms with Crippen LogP contribution in [0.5, 0.6) is 0 Å². The van der Waals surface area contributed by atoms with Crippen LogP contribution in [0.25, 0.3) is 0 Å². The van der Waals surface area contributed by atoms with Gasteiger partial charge < -0.3 is 15.3 Å². The van der Waals surface area contributed by atoms with Gasteiger partial charge in [-0.2, -0.15) is 0 Å². The van der Waals surface area contributed by atoms with Crippen molar-refractivity contribution in [2.45, 2.75) is 104 Å². The lowest BCUT2D eigenvalue weighted by molar-refractivity contribution is -0.174. The summed E-state index contributed by atoms with van der Waals surface area (Å²) in [5.41, 5.74) is 0.581. The molecule has 0 aromatic heterocycles. The normalized spacial score (nSPS) is 50.3. The van der Waals surface area contributed by atoms with Crippen LogP contribution in [0.3, 0.4) is 0 Å². The minimum atomic E-state index is -0.682. The Labute approximate surface area is 176 Å². The van der Waals surface area contributed by atoms with Crippen molar-refractivity contribution in [1.82, 2.24) is 0 Å². The summed E-state index contributed by atoms with van der Waals surface area (Å²) in [7, 11) is 0. The van der Waals surface area contributed by atoms with Crippen molar-refractivity contribution in [2.75, 3.05) is 0 Å². The monoisotopic (exact) mass is 406 g/mol. The topological polar surface area (TPSA) is 77.8 Å².